The maximum absolute atomic E-state index is 13.5. The highest BCUT2D eigenvalue weighted by molar-refractivity contribution is 6.32. The first-order valence-corrected chi connectivity index (χ1v) is 13.3. The zero-order valence-electron chi connectivity index (χ0n) is 21.3. The number of phenolic OH excluding ortho intramolecular Hbond substituents is 1. The summed E-state index contributed by atoms with van der Waals surface area (Å²) < 4.78 is 13.5. The molecule has 2 aliphatic rings. The topological polar surface area (TPSA) is 55.8 Å². The van der Waals surface area contributed by atoms with Crippen molar-refractivity contribution in [1.29, 1.82) is 0 Å². The number of halogens is 2. The number of amides is 2. The fourth-order valence-corrected chi connectivity index (χ4v) is 6.17. The minimum atomic E-state index is -0.291. The molecule has 2 N–H and O–H groups in total. The van der Waals surface area contributed by atoms with Gasteiger partial charge < -0.3 is 20.2 Å². The molecule has 0 bridgehead atoms. The predicted molar refractivity (Wildman–Crippen MR) is 145 cm³/mol. The Morgan fingerprint density at radius 2 is 1.92 bits per heavy atom. The van der Waals surface area contributed by atoms with Gasteiger partial charge in [-0.15, -0.1) is 0 Å². The van der Waals surface area contributed by atoms with Gasteiger partial charge in [0.2, 0.25) is 0 Å². The van der Waals surface area contributed by atoms with E-state index in [-0.39, 0.29) is 23.5 Å². The van der Waals surface area contributed by atoms with E-state index in [0.717, 1.165) is 42.5 Å². The average molecular weight is 522 g/mol. The summed E-state index contributed by atoms with van der Waals surface area (Å²) in [5, 5.41) is 13.8. The van der Waals surface area contributed by atoms with Crippen molar-refractivity contribution in [2.45, 2.75) is 51.2 Å². The number of carbonyl (C=O) groups is 1. The van der Waals surface area contributed by atoms with Crippen LogP contribution in [0.25, 0.3) is 0 Å². The van der Waals surface area contributed by atoms with Crippen LogP contribution < -0.4 is 5.32 Å². The molecule has 2 amide bonds. The summed E-state index contributed by atoms with van der Waals surface area (Å²) in [7, 11) is 2.18. The van der Waals surface area contributed by atoms with Crippen molar-refractivity contribution >= 4 is 17.6 Å². The number of nitrogens with one attached hydrogen (secondary N) is 1. The smallest absolute Gasteiger partial charge is 0.317 e. The van der Waals surface area contributed by atoms with Crippen LogP contribution in [0.2, 0.25) is 5.02 Å². The SMILES string of the molecule is CCNC(=O)N(Cc1ccc(F)cc1)Cc1cccc2c1CC[C@H]1[C@H]2c2cc(O)c(Cl)cc2CCN1C. The zero-order chi connectivity index (χ0) is 26.1. The molecule has 0 saturated carbocycles. The molecule has 2 atom stereocenters. The molecule has 0 unspecified atom stereocenters. The van der Waals surface area contributed by atoms with Gasteiger partial charge in [0.05, 0.1) is 5.02 Å². The molecule has 3 aromatic rings. The molecule has 0 saturated heterocycles. The normalized spacial score (nSPS) is 18.8. The van der Waals surface area contributed by atoms with Gasteiger partial charge >= 0.3 is 6.03 Å². The fourth-order valence-electron chi connectivity index (χ4n) is 5.98. The summed E-state index contributed by atoms with van der Waals surface area (Å²) in [6, 6.07) is 16.6. The lowest BCUT2D eigenvalue weighted by Gasteiger charge is -2.39. The number of carbonyl (C=O) groups excluding carboxylic acids is 1. The number of benzene rings is 3. The van der Waals surface area contributed by atoms with Crippen LogP contribution in [0, 0.1) is 5.82 Å². The van der Waals surface area contributed by atoms with Crippen molar-refractivity contribution in [2.75, 3.05) is 20.1 Å². The minimum Gasteiger partial charge on any atom is -0.506 e. The second kappa shape index (κ2) is 10.7. The first-order chi connectivity index (χ1) is 17.9. The second-order valence-electron chi connectivity index (χ2n) is 10.1. The summed E-state index contributed by atoms with van der Waals surface area (Å²) in [6.45, 7) is 4.22. The highest BCUT2D eigenvalue weighted by Crippen LogP contribution is 2.45. The van der Waals surface area contributed by atoms with Gasteiger partial charge in [0, 0.05) is 38.1 Å². The van der Waals surface area contributed by atoms with Crippen molar-refractivity contribution in [2.24, 2.45) is 0 Å². The largest absolute Gasteiger partial charge is 0.506 e. The highest BCUT2D eigenvalue weighted by atomic mass is 35.5. The van der Waals surface area contributed by atoms with Crippen molar-refractivity contribution < 1.29 is 14.3 Å². The van der Waals surface area contributed by atoms with E-state index < -0.39 is 0 Å². The van der Waals surface area contributed by atoms with E-state index in [9.17, 15) is 14.3 Å². The third-order valence-electron chi connectivity index (χ3n) is 7.83. The Bertz CT molecular complexity index is 1300. The van der Waals surface area contributed by atoms with E-state index in [0.29, 0.717) is 30.7 Å². The number of likely N-dealkylation sites (N-methyl/N-ethyl adjacent to an activating group) is 1. The molecule has 0 radical (unpaired) electrons. The maximum Gasteiger partial charge on any atom is 0.317 e. The van der Waals surface area contributed by atoms with Crippen LogP contribution in [0.4, 0.5) is 9.18 Å². The van der Waals surface area contributed by atoms with E-state index in [2.05, 4.69) is 35.5 Å². The lowest BCUT2D eigenvalue weighted by molar-refractivity contribution is 0.192. The number of hydrogen-bond donors (Lipinski definition) is 2. The third-order valence-corrected chi connectivity index (χ3v) is 8.13. The summed E-state index contributed by atoms with van der Waals surface area (Å²) in [5.41, 5.74) is 6.85. The van der Waals surface area contributed by atoms with Crippen LogP contribution in [0.5, 0.6) is 5.75 Å². The van der Waals surface area contributed by atoms with E-state index >= 15 is 0 Å². The first-order valence-electron chi connectivity index (χ1n) is 12.9. The number of fused-ring (bicyclic) bond motifs is 5. The fraction of sp³-hybridized carbons (Fsp3) is 0.367. The van der Waals surface area contributed by atoms with Gasteiger partial charge in [0.1, 0.15) is 11.6 Å². The molecule has 5 rings (SSSR count). The molecule has 3 aromatic carbocycles. The van der Waals surface area contributed by atoms with Gasteiger partial charge in [0.25, 0.3) is 0 Å². The lowest BCUT2D eigenvalue weighted by atomic mass is 9.73. The molecule has 1 heterocycles. The molecule has 1 aliphatic heterocycles. The molecule has 0 spiro atoms. The zero-order valence-corrected chi connectivity index (χ0v) is 22.1. The number of urea groups is 1. The standard InChI is InChI=1S/C30H33ClFN3O2/c1-3-33-30(37)35(17-19-7-9-22(32)10-8-19)18-21-5-4-6-24-23(21)11-12-27-29(24)25-16-28(36)26(31)15-20(25)13-14-34(27)2/h4-10,15-16,27,29,36H,3,11-14,17-18H2,1-2H3,(H,33,37)/t27-,29+/m0/s1. The number of rotatable bonds is 5. The van der Waals surface area contributed by atoms with Gasteiger partial charge in [-0.25, -0.2) is 9.18 Å². The van der Waals surface area contributed by atoms with Crippen LogP contribution in [-0.4, -0.2) is 47.1 Å². The van der Waals surface area contributed by atoms with Gasteiger partial charge in [-0.3, -0.25) is 0 Å². The molecular formula is C30H33ClFN3O2. The molecule has 0 aromatic heterocycles. The van der Waals surface area contributed by atoms with E-state index in [1.165, 1.54) is 28.8 Å². The first kappa shape index (κ1) is 25.6. The molecule has 7 heteroatoms. The van der Waals surface area contributed by atoms with E-state index in [1.54, 1.807) is 17.0 Å². The molecule has 1 aliphatic carbocycles. The number of hydrogen-bond acceptors (Lipinski definition) is 3. The average Bonchev–Trinajstić information content (AvgIpc) is 3.02. The summed E-state index contributed by atoms with van der Waals surface area (Å²) in [4.78, 5) is 17.3. The number of phenols is 1. The van der Waals surface area contributed by atoms with Gasteiger partial charge in [0.15, 0.2) is 0 Å². The lowest BCUT2D eigenvalue weighted by Crippen LogP contribution is -2.41. The Morgan fingerprint density at radius 3 is 2.68 bits per heavy atom. The van der Waals surface area contributed by atoms with Crippen LogP contribution >= 0.6 is 11.6 Å². The summed E-state index contributed by atoms with van der Waals surface area (Å²) in [6.07, 6.45) is 2.80. The van der Waals surface area contributed by atoms with E-state index in [4.69, 9.17) is 11.6 Å². The van der Waals surface area contributed by atoms with Crippen LogP contribution in [0.15, 0.2) is 54.6 Å². The van der Waals surface area contributed by atoms with Crippen LogP contribution in [-0.2, 0) is 25.9 Å². The van der Waals surface area contributed by atoms with E-state index in [1.807, 2.05) is 19.1 Å². The minimum absolute atomic E-state index is 0.115. The van der Waals surface area contributed by atoms with Crippen molar-refractivity contribution in [1.82, 2.24) is 15.1 Å². The molecule has 5 nitrogen and oxygen atoms in total. The predicted octanol–water partition coefficient (Wildman–Crippen LogP) is 5.85. The van der Waals surface area contributed by atoms with Crippen LogP contribution in [0.3, 0.4) is 0 Å². The Hall–Kier alpha value is -3.09. The summed E-state index contributed by atoms with van der Waals surface area (Å²) >= 11 is 6.30. The number of nitrogens with zero attached hydrogens (tertiary/aromatic N) is 2. The Balaban J connectivity index is 1.53. The molecular weight excluding hydrogens is 489 g/mol. The van der Waals surface area contributed by atoms with Gasteiger partial charge in [-0.05, 0) is 90.9 Å². The quantitative estimate of drug-likeness (QED) is 0.443. The molecule has 194 valence electrons. The van der Waals surface area contributed by atoms with Crippen molar-refractivity contribution in [3.63, 3.8) is 0 Å². The van der Waals surface area contributed by atoms with Crippen molar-refractivity contribution in [3.05, 3.63) is 98.8 Å². The maximum atomic E-state index is 13.5. The molecule has 37 heavy (non-hydrogen) atoms. The second-order valence-corrected chi connectivity index (χ2v) is 10.5. The van der Waals surface area contributed by atoms with Gasteiger partial charge in [-0.2, -0.15) is 0 Å². The Kier molecular flexibility index (Phi) is 7.40. The Morgan fingerprint density at radius 1 is 1.14 bits per heavy atom. The third kappa shape index (κ3) is 5.18. The Labute approximate surface area is 222 Å². The number of aromatic hydroxyl groups is 1. The van der Waals surface area contributed by atoms with Crippen LogP contribution in [0.1, 0.15) is 52.6 Å². The van der Waals surface area contributed by atoms with Crippen molar-refractivity contribution in [3.8, 4) is 5.75 Å². The molecule has 0 fully saturated rings. The monoisotopic (exact) mass is 521 g/mol. The highest BCUT2D eigenvalue weighted by Gasteiger charge is 2.37. The summed E-state index contributed by atoms with van der Waals surface area (Å²) in [5.74, 6) is -0.0564. The van der Waals surface area contributed by atoms with Gasteiger partial charge in [-0.1, -0.05) is 41.9 Å².